The second kappa shape index (κ2) is 8.82. The Morgan fingerprint density at radius 1 is 0.926 bits per heavy atom. The van der Waals surface area contributed by atoms with Gasteiger partial charge in [0.05, 0.1) is 0 Å². The lowest BCUT2D eigenvalue weighted by Gasteiger charge is -2.34. The van der Waals surface area contributed by atoms with Gasteiger partial charge in [-0.15, -0.1) is 0 Å². The molecule has 1 saturated heterocycles. The van der Waals surface area contributed by atoms with Crippen LogP contribution in [0.1, 0.15) is 30.9 Å². The number of nitrogens with zero attached hydrogens (tertiary/aromatic N) is 2. The summed E-state index contributed by atoms with van der Waals surface area (Å²) in [6.45, 7) is 7.71. The van der Waals surface area contributed by atoms with Crippen LogP contribution in [-0.4, -0.2) is 47.8 Å². The van der Waals surface area contributed by atoms with Crippen molar-refractivity contribution in [2.75, 3.05) is 31.5 Å². The van der Waals surface area contributed by atoms with E-state index in [1.54, 1.807) is 4.90 Å². The zero-order chi connectivity index (χ0) is 19.2. The molecule has 1 heterocycles. The zero-order valence-corrected chi connectivity index (χ0v) is 16.0. The number of hydrogen-bond donors (Lipinski definition) is 1. The van der Waals surface area contributed by atoms with E-state index in [4.69, 9.17) is 0 Å². The standard InChI is InChI=1S/C22H27N3O2/c1-17(2)19-10-6-7-11-20(19)23-21(26)22(27)25-14-12-24(13-15-25)16-18-8-4-3-5-9-18/h3-11,17H,12-16H2,1-2H3,(H,23,26). The number of benzene rings is 2. The van der Waals surface area contributed by atoms with Crippen molar-refractivity contribution in [3.63, 3.8) is 0 Å². The van der Waals surface area contributed by atoms with E-state index >= 15 is 0 Å². The lowest BCUT2D eigenvalue weighted by Crippen LogP contribution is -2.51. The van der Waals surface area contributed by atoms with E-state index in [2.05, 4.69) is 36.2 Å². The lowest BCUT2D eigenvalue weighted by molar-refractivity contribution is -0.144. The molecule has 2 aromatic carbocycles. The molecule has 0 radical (unpaired) electrons. The van der Waals surface area contributed by atoms with Crippen molar-refractivity contribution in [1.29, 1.82) is 0 Å². The third-order valence-electron chi connectivity index (χ3n) is 4.93. The number of piperazine rings is 1. The molecule has 0 aromatic heterocycles. The number of nitrogens with one attached hydrogen (secondary N) is 1. The highest BCUT2D eigenvalue weighted by Gasteiger charge is 2.26. The van der Waals surface area contributed by atoms with Crippen molar-refractivity contribution in [1.82, 2.24) is 9.80 Å². The van der Waals surface area contributed by atoms with Crippen LogP contribution in [0.25, 0.3) is 0 Å². The Kier molecular flexibility index (Phi) is 6.24. The van der Waals surface area contributed by atoms with Gasteiger partial charge in [0.25, 0.3) is 0 Å². The number of anilines is 1. The van der Waals surface area contributed by atoms with Gasteiger partial charge in [-0.2, -0.15) is 0 Å². The summed E-state index contributed by atoms with van der Waals surface area (Å²) >= 11 is 0. The van der Waals surface area contributed by atoms with Gasteiger partial charge in [0.2, 0.25) is 0 Å². The molecule has 0 aliphatic carbocycles. The maximum absolute atomic E-state index is 12.5. The van der Waals surface area contributed by atoms with Gasteiger partial charge < -0.3 is 10.2 Å². The Bertz CT molecular complexity index is 781. The topological polar surface area (TPSA) is 52.7 Å². The molecule has 0 atom stereocenters. The monoisotopic (exact) mass is 365 g/mol. The smallest absolute Gasteiger partial charge is 0.313 e. The Morgan fingerprint density at radius 2 is 1.56 bits per heavy atom. The maximum atomic E-state index is 12.5. The third-order valence-corrected chi connectivity index (χ3v) is 4.93. The van der Waals surface area contributed by atoms with E-state index in [1.807, 2.05) is 42.5 Å². The molecule has 2 amide bonds. The number of amides is 2. The summed E-state index contributed by atoms with van der Waals surface area (Å²) in [6, 6.07) is 17.9. The van der Waals surface area contributed by atoms with Crippen LogP contribution >= 0.6 is 0 Å². The first-order valence-corrected chi connectivity index (χ1v) is 9.50. The van der Waals surface area contributed by atoms with Crippen molar-refractivity contribution in [2.24, 2.45) is 0 Å². The molecule has 5 heteroatoms. The van der Waals surface area contributed by atoms with E-state index < -0.39 is 11.8 Å². The van der Waals surface area contributed by atoms with Gasteiger partial charge in [0.1, 0.15) is 0 Å². The molecule has 1 fully saturated rings. The average Bonchev–Trinajstić information content (AvgIpc) is 2.69. The van der Waals surface area contributed by atoms with Gasteiger partial charge in [-0.05, 0) is 23.1 Å². The maximum Gasteiger partial charge on any atom is 0.313 e. The van der Waals surface area contributed by atoms with Gasteiger partial charge in [-0.25, -0.2) is 0 Å². The summed E-state index contributed by atoms with van der Waals surface area (Å²) in [7, 11) is 0. The van der Waals surface area contributed by atoms with Gasteiger partial charge in [0, 0.05) is 38.4 Å². The summed E-state index contributed by atoms with van der Waals surface area (Å²) in [4.78, 5) is 28.9. The summed E-state index contributed by atoms with van der Waals surface area (Å²) in [5, 5.41) is 2.80. The Hall–Kier alpha value is -2.66. The van der Waals surface area contributed by atoms with Crippen molar-refractivity contribution in [3.05, 3.63) is 65.7 Å². The zero-order valence-electron chi connectivity index (χ0n) is 16.0. The first kappa shape index (κ1) is 19.1. The molecule has 0 saturated carbocycles. The van der Waals surface area contributed by atoms with E-state index in [0.29, 0.717) is 18.8 Å². The van der Waals surface area contributed by atoms with Gasteiger partial charge in [-0.3, -0.25) is 14.5 Å². The van der Waals surface area contributed by atoms with Gasteiger partial charge in [0.15, 0.2) is 0 Å². The van der Waals surface area contributed by atoms with Crippen molar-refractivity contribution < 1.29 is 9.59 Å². The predicted molar refractivity (Wildman–Crippen MR) is 107 cm³/mol. The fourth-order valence-corrected chi connectivity index (χ4v) is 3.38. The first-order valence-electron chi connectivity index (χ1n) is 9.50. The van der Waals surface area contributed by atoms with Gasteiger partial charge in [-0.1, -0.05) is 62.4 Å². The highest BCUT2D eigenvalue weighted by atomic mass is 16.2. The molecule has 0 bridgehead atoms. The van der Waals surface area contributed by atoms with E-state index in [0.717, 1.165) is 25.2 Å². The average molecular weight is 365 g/mol. The van der Waals surface area contributed by atoms with Crippen molar-refractivity contribution in [3.8, 4) is 0 Å². The van der Waals surface area contributed by atoms with Crippen LogP contribution in [-0.2, 0) is 16.1 Å². The summed E-state index contributed by atoms with van der Waals surface area (Å²) in [6.07, 6.45) is 0. The van der Waals surface area contributed by atoms with Crippen LogP contribution in [0.2, 0.25) is 0 Å². The second-order valence-corrected chi connectivity index (χ2v) is 7.25. The molecule has 5 nitrogen and oxygen atoms in total. The van der Waals surface area contributed by atoms with Crippen LogP contribution in [0, 0.1) is 0 Å². The highest BCUT2D eigenvalue weighted by Crippen LogP contribution is 2.23. The fraction of sp³-hybridized carbons (Fsp3) is 0.364. The molecular weight excluding hydrogens is 338 g/mol. The van der Waals surface area contributed by atoms with E-state index in [1.165, 1.54) is 5.56 Å². The SMILES string of the molecule is CC(C)c1ccccc1NC(=O)C(=O)N1CCN(Cc2ccccc2)CC1. The molecule has 27 heavy (non-hydrogen) atoms. The van der Waals surface area contributed by atoms with Crippen LogP contribution < -0.4 is 5.32 Å². The molecule has 142 valence electrons. The normalized spacial score (nSPS) is 15.0. The van der Waals surface area contributed by atoms with Crippen LogP contribution in [0.4, 0.5) is 5.69 Å². The molecule has 3 rings (SSSR count). The third kappa shape index (κ3) is 4.95. The molecule has 2 aromatic rings. The Labute approximate surface area is 161 Å². The van der Waals surface area contributed by atoms with Crippen molar-refractivity contribution in [2.45, 2.75) is 26.3 Å². The minimum absolute atomic E-state index is 0.276. The van der Waals surface area contributed by atoms with E-state index in [-0.39, 0.29) is 5.92 Å². The molecule has 0 spiro atoms. The molecule has 1 N–H and O–H groups in total. The number of para-hydroxylation sites is 1. The number of carbonyl (C=O) groups is 2. The van der Waals surface area contributed by atoms with Crippen LogP contribution in [0.5, 0.6) is 0 Å². The first-order chi connectivity index (χ1) is 13.0. The van der Waals surface area contributed by atoms with Crippen LogP contribution in [0.3, 0.4) is 0 Å². The Morgan fingerprint density at radius 3 is 2.22 bits per heavy atom. The summed E-state index contributed by atoms with van der Waals surface area (Å²) < 4.78 is 0. The fourth-order valence-electron chi connectivity index (χ4n) is 3.38. The highest BCUT2D eigenvalue weighted by molar-refractivity contribution is 6.39. The number of carbonyl (C=O) groups excluding carboxylic acids is 2. The summed E-state index contributed by atoms with van der Waals surface area (Å²) in [5.74, 6) is -0.731. The molecule has 1 aliphatic heterocycles. The number of rotatable bonds is 4. The number of hydrogen-bond acceptors (Lipinski definition) is 3. The molecule has 1 aliphatic rings. The Balaban J connectivity index is 1.54. The largest absolute Gasteiger partial charge is 0.332 e. The van der Waals surface area contributed by atoms with Gasteiger partial charge >= 0.3 is 11.8 Å². The summed E-state index contributed by atoms with van der Waals surface area (Å²) in [5.41, 5.74) is 3.01. The molecular formula is C22H27N3O2. The van der Waals surface area contributed by atoms with E-state index in [9.17, 15) is 9.59 Å². The molecule has 0 unspecified atom stereocenters. The predicted octanol–water partition coefficient (Wildman–Crippen LogP) is 3.09. The minimum Gasteiger partial charge on any atom is -0.332 e. The lowest BCUT2D eigenvalue weighted by atomic mass is 10.0. The quantitative estimate of drug-likeness (QED) is 0.847. The minimum atomic E-state index is -0.556. The second-order valence-electron chi connectivity index (χ2n) is 7.25. The van der Waals surface area contributed by atoms with Crippen LogP contribution in [0.15, 0.2) is 54.6 Å². The van der Waals surface area contributed by atoms with Crippen molar-refractivity contribution >= 4 is 17.5 Å².